The molecule has 2 N–H and O–H groups in total. The molecule has 0 aromatic rings. The summed E-state index contributed by atoms with van der Waals surface area (Å²) in [6.07, 6.45) is 3.06. The Morgan fingerprint density at radius 3 is 2.38 bits per heavy atom. The minimum Gasteiger partial charge on any atom is -0.481 e. The van der Waals surface area contributed by atoms with E-state index in [2.05, 4.69) is 27.8 Å². The number of carboxylic acid groups (broad SMARTS) is 1. The molecule has 1 aliphatic rings. The van der Waals surface area contributed by atoms with Crippen LogP contribution in [0.1, 0.15) is 32.1 Å². The van der Waals surface area contributed by atoms with Crippen LogP contribution in [-0.2, 0) is 9.59 Å². The fourth-order valence-electron chi connectivity index (χ4n) is 2.08. The Hall–Kier alpha value is -0.840. The molecule has 0 heterocycles. The predicted octanol–water partition coefficient (Wildman–Crippen LogP) is 2.05. The molecule has 4 nitrogen and oxygen atoms in total. The summed E-state index contributed by atoms with van der Waals surface area (Å²) in [6, 6.07) is 0. The van der Waals surface area contributed by atoms with Crippen LogP contribution < -0.4 is 5.32 Å². The Morgan fingerprint density at radius 2 is 1.94 bits per heavy atom. The maximum absolute atomic E-state index is 11.6. The molecule has 0 saturated heterocycles. The van der Waals surface area contributed by atoms with Gasteiger partial charge in [0.2, 0.25) is 5.91 Å². The van der Waals surface area contributed by atoms with Crippen molar-refractivity contribution in [3.05, 3.63) is 11.1 Å². The first-order valence-corrected chi connectivity index (χ1v) is 6.09. The number of halogens is 1. The van der Waals surface area contributed by atoms with Gasteiger partial charge in [0, 0.05) is 17.4 Å². The van der Waals surface area contributed by atoms with Gasteiger partial charge in [-0.2, -0.15) is 0 Å². The number of amides is 1. The maximum atomic E-state index is 11.6. The molecule has 0 aromatic heterocycles. The quantitative estimate of drug-likeness (QED) is 0.814. The smallest absolute Gasteiger partial charge is 0.310 e. The second-order valence-corrected chi connectivity index (χ2v) is 5.38. The summed E-state index contributed by atoms with van der Waals surface area (Å²) in [6.45, 7) is 3.94. The van der Waals surface area contributed by atoms with Crippen LogP contribution in [0.2, 0.25) is 0 Å². The van der Waals surface area contributed by atoms with E-state index >= 15 is 0 Å². The number of nitrogens with one attached hydrogen (secondary N) is 1. The highest BCUT2D eigenvalue weighted by Gasteiger charge is 2.42. The Balaban J connectivity index is 2.52. The van der Waals surface area contributed by atoms with E-state index in [4.69, 9.17) is 0 Å². The van der Waals surface area contributed by atoms with Gasteiger partial charge in [0.15, 0.2) is 0 Å². The zero-order valence-electron chi connectivity index (χ0n) is 9.09. The number of hydrogen-bond donors (Lipinski definition) is 2. The molecular formula is C11H16BrNO3. The molecule has 1 rings (SSSR count). The number of aliphatic carboxylic acids is 1. The van der Waals surface area contributed by atoms with E-state index in [0.29, 0.717) is 23.9 Å². The predicted molar refractivity (Wildman–Crippen MR) is 64.2 cm³/mol. The largest absolute Gasteiger partial charge is 0.481 e. The van der Waals surface area contributed by atoms with Crippen molar-refractivity contribution < 1.29 is 14.7 Å². The Kier molecular flexibility index (Phi) is 4.53. The van der Waals surface area contributed by atoms with Gasteiger partial charge in [0.1, 0.15) is 0 Å². The lowest BCUT2D eigenvalue weighted by Gasteiger charge is -2.22. The zero-order chi connectivity index (χ0) is 12.2. The zero-order valence-corrected chi connectivity index (χ0v) is 10.7. The maximum Gasteiger partial charge on any atom is 0.310 e. The molecule has 0 spiro atoms. The molecule has 0 aliphatic heterocycles. The number of rotatable bonds is 5. The summed E-state index contributed by atoms with van der Waals surface area (Å²) in [5.41, 5.74) is -0.836. The van der Waals surface area contributed by atoms with Gasteiger partial charge in [-0.15, -0.1) is 0 Å². The Labute approximate surface area is 103 Å². The third-order valence-electron chi connectivity index (χ3n) is 2.99. The summed E-state index contributed by atoms with van der Waals surface area (Å²) in [5.74, 6) is -1.07. The number of carbonyl (C=O) groups is 2. The minimum atomic E-state index is -0.849. The van der Waals surface area contributed by atoms with Gasteiger partial charge in [-0.3, -0.25) is 9.59 Å². The Morgan fingerprint density at radius 1 is 1.38 bits per heavy atom. The van der Waals surface area contributed by atoms with Crippen LogP contribution in [-0.4, -0.2) is 23.5 Å². The van der Waals surface area contributed by atoms with Crippen LogP contribution in [0.25, 0.3) is 0 Å². The highest BCUT2D eigenvalue weighted by atomic mass is 79.9. The molecule has 0 radical (unpaired) electrons. The average molecular weight is 290 g/mol. The normalized spacial score (nSPS) is 18.1. The summed E-state index contributed by atoms with van der Waals surface area (Å²) >= 11 is 3.13. The third kappa shape index (κ3) is 3.33. The second-order valence-electron chi connectivity index (χ2n) is 4.26. The second kappa shape index (κ2) is 5.48. The lowest BCUT2D eigenvalue weighted by atomic mass is 9.82. The molecule has 5 heteroatoms. The molecule has 1 aliphatic carbocycles. The van der Waals surface area contributed by atoms with Crippen LogP contribution in [0.3, 0.4) is 0 Å². The SMILES string of the molecule is C=C(Br)CNC(=O)CC1(C(=O)O)CCCC1. The van der Waals surface area contributed by atoms with Crippen molar-refractivity contribution in [1.82, 2.24) is 5.32 Å². The van der Waals surface area contributed by atoms with Crippen molar-refractivity contribution in [3.8, 4) is 0 Å². The number of hydrogen-bond acceptors (Lipinski definition) is 2. The van der Waals surface area contributed by atoms with Crippen molar-refractivity contribution in [2.45, 2.75) is 32.1 Å². The molecule has 16 heavy (non-hydrogen) atoms. The lowest BCUT2D eigenvalue weighted by molar-refractivity contribution is -0.151. The molecule has 0 aromatic carbocycles. The van der Waals surface area contributed by atoms with Crippen LogP contribution >= 0.6 is 15.9 Å². The van der Waals surface area contributed by atoms with Gasteiger partial charge in [-0.1, -0.05) is 35.4 Å². The van der Waals surface area contributed by atoms with Crippen molar-refractivity contribution in [1.29, 1.82) is 0 Å². The number of carboxylic acids is 1. The Bertz CT molecular complexity index is 308. The average Bonchev–Trinajstić information content (AvgIpc) is 2.64. The van der Waals surface area contributed by atoms with E-state index in [0.717, 1.165) is 12.8 Å². The minimum absolute atomic E-state index is 0.0720. The highest BCUT2D eigenvalue weighted by molar-refractivity contribution is 9.11. The summed E-state index contributed by atoms with van der Waals surface area (Å²) in [7, 11) is 0. The number of carbonyl (C=O) groups excluding carboxylic acids is 1. The van der Waals surface area contributed by atoms with Crippen molar-refractivity contribution >= 4 is 27.8 Å². The standard InChI is InChI=1S/C11H16BrNO3/c1-8(12)7-13-9(14)6-11(10(15)16)4-2-3-5-11/h1-7H2,(H,13,14)(H,15,16). The van der Waals surface area contributed by atoms with Crippen molar-refractivity contribution in [2.24, 2.45) is 5.41 Å². The van der Waals surface area contributed by atoms with E-state index in [9.17, 15) is 14.7 Å². The molecule has 0 bridgehead atoms. The van der Waals surface area contributed by atoms with Gasteiger partial charge in [-0.05, 0) is 12.8 Å². The van der Waals surface area contributed by atoms with Gasteiger partial charge in [-0.25, -0.2) is 0 Å². The van der Waals surface area contributed by atoms with Crippen LogP contribution in [0.5, 0.6) is 0 Å². The first-order chi connectivity index (χ1) is 7.46. The van der Waals surface area contributed by atoms with Crippen LogP contribution in [0.15, 0.2) is 11.1 Å². The molecule has 1 amide bonds. The first-order valence-electron chi connectivity index (χ1n) is 5.30. The van der Waals surface area contributed by atoms with Crippen molar-refractivity contribution in [2.75, 3.05) is 6.54 Å². The molecule has 1 fully saturated rings. The van der Waals surface area contributed by atoms with Gasteiger partial charge < -0.3 is 10.4 Å². The molecule has 0 atom stereocenters. The van der Waals surface area contributed by atoms with Gasteiger partial charge in [0.05, 0.1) is 5.41 Å². The summed E-state index contributed by atoms with van der Waals surface area (Å²) in [4.78, 5) is 22.8. The monoisotopic (exact) mass is 289 g/mol. The van der Waals surface area contributed by atoms with Crippen LogP contribution in [0, 0.1) is 5.41 Å². The summed E-state index contributed by atoms with van der Waals surface area (Å²) < 4.78 is 0.677. The van der Waals surface area contributed by atoms with Crippen LogP contribution in [0.4, 0.5) is 0 Å². The van der Waals surface area contributed by atoms with E-state index in [1.54, 1.807) is 0 Å². The first kappa shape index (κ1) is 13.2. The molecule has 1 saturated carbocycles. The topological polar surface area (TPSA) is 66.4 Å². The third-order valence-corrected chi connectivity index (χ3v) is 3.27. The summed E-state index contributed by atoms with van der Waals surface area (Å²) in [5, 5.41) is 11.8. The van der Waals surface area contributed by atoms with E-state index in [1.165, 1.54) is 0 Å². The van der Waals surface area contributed by atoms with E-state index in [1.807, 2.05) is 0 Å². The van der Waals surface area contributed by atoms with Gasteiger partial charge >= 0.3 is 5.97 Å². The lowest BCUT2D eigenvalue weighted by Crippen LogP contribution is -2.36. The molecule has 90 valence electrons. The molecule has 0 unspecified atom stereocenters. The molecular weight excluding hydrogens is 274 g/mol. The fourth-order valence-corrected chi connectivity index (χ4v) is 2.22. The van der Waals surface area contributed by atoms with Crippen molar-refractivity contribution in [3.63, 3.8) is 0 Å². The highest BCUT2D eigenvalue weighted by Crippen LogP contribution is 2.41. The van der Waals surface area contributed by atoms with E-state index < -0.39 is 11.4 Å². The van der Waals surface area contributed by atoms with Gasteiger partial charge in [0.25, 0.3) is 0 Å². The van der Waals surface area contributed by atoms with E-state index in [-0.39, 0.29) is 12.3 Å². The fraction of sp³-hybridized carbons (Fsp3) is 0.636.